The standard InChI is InChI=1S/C24H24N2O5/c1-14-18-6-5-17(27)10-21(18)31-24(30)19(14)7-8-22(28)25-11-15-9-16(13-25)20-3-2-4-23(29)26(20)12-15/h2-6,10,15-16,27H,7-9,11-13H2,1H3. The van der Waals surface area contributed by atoms with Crippen LogP contribution in [0.3, 0.4) is 0 Å². The van der Waals surface area contributed by atoms with E-state index in [1.165, 1.54) is 6.07 Å². The van der Waals surface area contributed by atoms with Crippen molar-refractivity contribution in [1.29, 1.82) is 0 Å². The average Bonchev–Trinajstić information content (AvgIpc) is 2.74. The summed E-state index contributed by atoms with van der Waals surface area (Å²) in [6.45, 7) is 3.73. The highest BCUT2D eigenvalue weighted by atomic mass is 16.4. The maximum atomic E-state index is 13.0. The van der Waals surface area contributed by atoms with Gasteiger partial charge in [0.25, 0.3) is 5.56 Å². The number of pyridine rings is 1. The second kappa shape index (κ2) is 7.41. The van der Waals surface area contributed by atoms with E-state index in [0.29, 0.717) is 37.2 Å². The third kappa shape index (κ3) is 3.44. The fourth-order valence-electron chi connectivity index (χ4n) is 5.16. The van der Waals surface area contributed by atoms with Crippen molar-refractivity contribution in [2.45, 2.75) is 38.6 Å². The normalized spacial score (nSPS) is 20.0. The van der Waals surface area contributed by atoms with Crippen molar-refractivity contribution >= 4 is 16.9 Å². The van der Waals surface area contributed by atoms with E-state index < -0.39 is 5.63 Å². The van der Waals surface area contributed by atoms with Gasteiger partial charge in [0, 0.05) is 60.7 Å². The highest BCUT2D eigenvalue weighted by Gasteiger charge is 2.36. The van der Waals surface area contributed by atoms with Gasteiger partial charge in [-0.15, -0.1) is 0 Å². The summed E-state index contributed by atoms with van der Waals surface area (Å²) in [6.07, 6.45) is 1.54. The average molecular weight is 420 g/mol. The van der Waals surface area contributed by atoms with Crippen LogP contribution in [-0.2, 0) is 17.8 Å². The molecule has 160 valence electrons. The monoisotopic (exact) mass is 420 g/mol. The molecule has 2 atom stereocenters. The van der Waals surface area contributed by atoms with Gasteiger partial charge in [0.05, 0.1) is 0 Å². The van der Waals surface area contributed by atoms with Crippen LogP contribution in [0.4, 0.5) is 0 Å². The number of rotatable bonds is 3. The number of likely N-dealkylation sites (tertiary alicyclic amines) is 1. The van der Waals surface area contributed by atoms with E-state index in [0.717, 1.165) is 23.1 Å². The van der Waals surface area contributed by atoms with Crippen LogP contribution >= 0.6 is 0 Å². The van der Waals surface area contributed by atoms with Crippen molar-refractivity contribution in [3.8, 4) is 5.75 Å². The number of benzene rings is 1. The molecule has 31 heavy (non-hydrogen) atoms. The van der Waals surface area contributed by atoms with Gasteiger partial charge in [0.15, 0.2) is 0 Å². The molecule has 1 amide bonds. The lowest BCUT2D eigenvalue weighted by Crippen LogP contribution is -2.49. The van der Waals surface area contributed by atoms with Crippen molar-refractivity contribution in [3.05, 3.63) is 74.0 Å². The van der Waals surface area contributed by atoms with E-state index in [4.69, 9.17) is 4.42 Å². The lowest BCUT2D eigenvalue weighted by atomic mass is 9.83. The fourth-order valence-corrected chi connectivity index (χ4v) is 5.16. The van der Waals surface area contributed by atoms with E-state index >= 15 is 0 Å². The number of piperidine rings is 1. The van der Waals surface area contributed by atoms with Crippen LogP contribution in [0.2, 0.25) is 0 Å². The van der Waals surface area contributed by atoms with E-state index in [-0.39, 0.29) is 35.5 Å². The van der Waals surface area contributed by atoms with Gasteiger partial charge in [-0.1, -0.05) is 6.07 Å². The minimum Gasteiger partial charge on any atom is -0.508 e. The molecule has 0 saturated carbocycles. The Labute approximate surface area is 178 Å². The molecule has 0 radical (unpaired) electrons. The molecule has 1 aromatic carbocycles. The first-order valence-corrected chi connectivity index (χ1v) is 10.6. The van der Waals surface area contributed by atoms with Crippen molar-refractivity contribution < 1.29 is 14.3 Å². The Morgan fingerprint density at radius 1 is 1.16 bits per heavy atom. The number of hydrogen-bond acceptors (Lipinski definition) is 5. The van der Waals surface area contributed by atoms with Crippen molar-refractivity contribution in [1.82, 2.24) is 9.47 Å². The number of hydrogen-bond donors (Lipinski definition) is 1. The molecule has 2 unspecified atom stereocenters. The van der Waals surface area contributed by atoms with Crippen molar-refractivity contribution in [2.24, 2.45) is 5.92 Å². The largest absolute Gasteiger partial charge is 0.508 e. The third-order valence-corrected chi connectivity index (χ3v) is 6.69. The molecule has 1 N–H and O–H groups in total. The lowest BCUT2D eigenvalue weighted by molar-refractivity contribution is -0.133. The van der Waals surface area contributed by atoms with Gasteiger partial charge >= 0.3 is 5.63 Å². The van der Waals surface area contributed by atoms with Gasteiger partial charge < -0.3 is 19.0 Å². The maximum Gasteiger partial charge on any atom is 0.339 e. The van der Waals surface area contributed by atoms with Gasteiger partial charge in [-0.05, 0) is 49.4 Å². The molecule has 4 heterocycles. The molecule has 2 aliphatic rings. The van der Waals surface area contributed by atoms with Crippen molar-refractivity contribution in [2.75, 3.05) is 13.1 Å². The first-order chi connectivity index (χ1) is 14.9. The molecule has 5 rings (SSSR count). The van der Waals surface area contributed by atoms with Gasteiger partial charge in [0.1, 0.15) is 11.3 Å². The number of phenols is 1. The lowest BCUT2D eigenvalue weighted by Gasteiger charge is -2.42. The summed E-state index contributed by atoms with van der Waals surface area (Å²) in [5.41, 5.74) is 2.19. The predicted molar refractivity (Wildman–Crippen MR) is 115 cm³/mol. The van der Waals surface area contributed by atoms with Gasteiger partial charge in [-0.2, -0.15) is 0 Å². The number of aryl methyl sites for hydroxylation is 1. The van der Waals surface area contributed by atoms with Crippen LogP contribution < -0.4 is 11.2 Å². The van der Waals surface area contributed by atoms with Crippen LogP contribution in [-0.4, -0.2) is 33.6 Å². The zero-order valence-electron chi connectivity index (χ0n) is 17.3. The molecular weight excluding hydrogens is 396 g/mol. The zero-order valence-corrected chi connectivity index (χ0v) is 17.3. The fraction of sp³-hybridized carbons (Fsp3) is 0.375. The number of phenolic OH excluding ortho intramolecular Hbond substituents is 1. The predicted octanol–water partition coefficient (Wildman–Crippen LogP) is 2.55. The van der Waals surface area contributed by atoms with E-state index in [1.807, 2.05) is 22.5 Å². The Bertz CT molecular complexity index is 1310. The quantitative estimate of drug-likeness (QED) is 0.658. The SMILES string of the molecule is Cc1c(CCC(=O)N2CC3CC(C2)c2cccc(=O)n2C3)c(=O)oc2cc(O)ccc12. The first kappa shape index (κ1) is 19.6. The number of aromatic nitrogens is 1. The molecule has 2 bridgehead atoms. The highest BCUT2D eigenvalue weighted by molar-refractivity contribution is 5.82. The number of aromatic hydroxyl groups is 1. The molecule has 7 nitrogen and oxygen atoms in total. The Morgan fingerprint density at radius 3 is 2.84 bits per heavy atom. The molecule has 1 fully saturated rings. The van der Waals surface area contributed by atoms with E-state index in [9.17, 15) is 19.5 Å². The second-order valence-electron chi connectivity index (χ2n) is 8.67. The van der Waals surface area contributed by atoms with E-state index in [2.05, 4.69) is 0 Å². The summed E-state index contributed by atoms with van der Waals surface area (Å²) in [5.74, 6) is 0.504. The third-order valence-electron chi connectivity index (χ3n) is 6.69. The molecule has 0 aliphatic carbocycles. The number of amides is 1. The summed E-state index contributed by atoms with van der Waals surface area (Å²) in [6, 6.07) is 10.1. The van der Waals surface area contributed by atoms with Gasteiger partial charge in [-0.3, -0.25) is 9.59 Å². The maximum absolute atomic E-state index is 13.0. The Balaban J connectivity index is 1.34. The molecule has 7 heteroatoms. The second-order valence-corrected chi connectivity index (χ2v) is 8.67. The molecule has 2 aliphatic heterocycles. The number of nitrogens with zero attached hydrogens (tertiary/aromatic N) is 2. The minimum atomic E-state index is -0.466. The number of fused-ring (bicyclic) bond motifs is 5. The van der Waals surface area contributed by atoms with Crippen molar-refractivity contribution in [3.63, 3.8) is 0 Å². The Morgan fingerprint density at radius 2 is 2.00 bits per heavy atom. The summed E-state index contributed by atoms with van der Waals surface area (Å²) in [4.78, 5) is 39.5. The molecule has 1 saturated heterocycles. The van der Waals surface area contributed by atoms with E-state index in [1.54, 1.807) is 24.3 Å². The summed E-state index contributed by atoms with van der Waals surface area (Å²) in [5, 5.41) is 10.4. The topological polar surface area (TPSA) is 92.8 Å². The Kier molecular flexibility index (Phi) is 4.68. The summed E-state index contributed by atoms with van der Waals surface area (Å²) < 4.78 is 7.22. The smallest absolute Gasteiger partial charge is 0.339 e. The molecular formula is C24H24N2O5. The van der Waals surface area contributed by atoms with Crippen LogP contribution in [0.15, 0.2) is 50.4 Å². The van der Waals surface area contributed by atoms with Crippen LogP contribution in [0.1, 0.15) is 35.6 Å². The summed E-state index contributed by atoms with van der Waals surface area (Å²) >= 11 is 0. The number of carbonyl (C=O) groups is 1. The van der Waals surface area contributed by atoms with Crippen LogP contribution in [0, 0.1) is 12.8 Å². The number of carbonyl (C=O) groups excluding carboxylic acids is 1. The highest BCUT2D eigenvalue weighted by Crippen LogP contribution is 2.35. The van der Waals surface area contributed by atoms with Gasteiger partial charge in [-0.25, -0.2) is 4.79 Å². The minimum absolute atomic E-state index is 0.0195. The molecule has 0 spiro atoms. The molecule has 3 aromatic rings. The molecule has 2 aromatic heterocycles. The van der Waals surface area contributed by atoms with Crippen LogP contribution in [0.25, 0.3) is 11.0 Å². The summed E-state index contributed by atoms with van der Waals surface area (Å²) in [7, 11) is 0. The first-order valence-electron chi connectivity index (χ1n) is 10.6. The Hall–Kier alpha value is -3.35. The van der Waals surface area contributed by atoms with Gasteiger partial charge in [0.2, 0.25) is 5.91 Å². The van der Waals surface area contributed by atoms with Crippen LogP contribution in [0.5, 0.6) is 5.75 Å². The zero-order chi connectivity index (χ0) is 21.7.